The predicted octanol–water partition coefficient (Wildman–Crippen LogP) is 4.91. The van der Waals surface area contributed by atoms with E-state index in [2.05, 4.69) is 76.1 Å². The highest BCUT2D eigenvalue weighted by atomic mass is 15.1. The minimum atomic E-state index is 0.524. The van der Waals surface area contributed by atoms with Gasteiger partial charge in [0.05, 0.1) is 0 Å². The van der Waals surface area contributed by atoms with E-state index >= 15 is 0 Å². The van der Waals surface area contributed by atoms with Crippen molar-refractivity contribution in [3.05, 3.63) is 60.2 Å². The summed E-state index contributed by atoms with van der Waals surface area (Å²) < 4.78 is 0. The molecule has 1 heteroatoms. The summed E-state index contributed by atoms with van der Waals surface area (Å²) in [5, 5.41) is 0. The molecule has 0 aromatic heterocycles. The number of hydrogen-bond donors (Lipinski definition) is 0. The Morgan fingerprint density at radius 3 is 1.80 bits per heavy atom. The SMILES string of the molecule is C=C(C)C(C)CN(Cc1ccccc1)CC(C)C(=C)C. The van der Waals surface area contributed by atoms with Crippen molar-refractivity contribution in [2.45, 2.75) is 34.2 Å². The van der Waals surface area contributed by atoms with Gasteiger partial charge in [-0.3, -0.25) is 4.90 Å². The zero-order valence-corrected chi connectivity index (χ0v) is 13.5. The first-order chi connectivity index (χ1) is 9.40. The minimum absolute atomic E-state index is 0.524. The summed E-state index contributed by atoms with van der Waals surface area (Å²) in [7, 11) is 0. The Bertz CT molecular complexity index is 410. The molecule has 0 amide bonds. The summed E-state index contributed by atoms with van der Waals surface area (Å²) in [5.74, 6) is 1.05. The van der Waals surface area contributed by atoms with Crippen LogP contribution in [0.25, 0.3) is 0 Å². The zero-order valence-electron chi connectivity index (χ0n) is 13.5. The van der Waals surface area contributed by atoms with Crippen molar-refractivity contribution in [1.82, 2.24) is 4.90 Å². The first kappa shape index (κ1) is 16.7. The Morgan fingerprint density at radius 2 is 1.40 bits per heavy atom. The molecule has 0 saturated heterocycles. The van der Waals surface area contributed by atoms with Crippen LogP contribution in [0, 0.1) is 11.8 Å². The van der Waals surface area contributed by atoms with Gasteiger partial charge in [0, 0.05) is 19.6 Å². The third-order valence-corrected chi connectivity index (χ3v) is 4.00. The molecule has 110 valence electrons. The molecular weight excluding hydrogens is 242 g/mol. The van der Waals surface area contributed by atoms with Gasteiger partial charge in [-0.15, -0.1) is 0 Å². The lowest BCUT2D eigenvalue weighted by Gasteiger charge is -2.29. The maximum Gasteiger partial charge on any atom is 0.0234 e. The summed E-state index contributed by atoms with van der Waals surface area (Å²) in [6.45, 7) is 20.0. The topological polar surface area (TPSA) is 3.24 Å². The summed E-state index contributed by atoms with van der Waals surface area (Å²) >= 11 is 0. The summed E-state index contributed by atoms with van der Waals surface area (Å²) in [6.07, 6.45) is 0. The Kier molecular flexibility index (Phi) is 6.74. The molecule has 2 unspecified atom stereocenters. The Balaban J connectivity index is 2.73. The summed E-state index contributed by atoms with van der Waals surface area (Å²) in [6, 6.07) is 10.7. The fraction of sp³-hybridized carbons (Fsp3) is 0.474. The van der Waals surface area contributed by atoms with E-state index in [1.165, 1.54) is 16.7 Å². The van der Waals surface area contributed by atoms with Gasteiger partial charge < -0.3 is 0 Å². The first-order valence-electron chi connectivity index (χ1n) is 7.47. The van der Waals surface area contributed by atoms with Crippen molar-refractivity contribution in [3.63, 3.8) is 0 Å². The van der Waals surface area contributed by atoms with Crippen LogP contribution >= 0.6 is 0 Å². The van der Waals surface area contributed by atoms with Crippen LogP contribution in [0.4, 0.5) is 0 Å². The van der Waals surface area contributed by atoms with Crippen LogP contribution in [-0.4, -0.2) is 18.0 Å². The molecular formula is C19H29N. The maximum absolute atomic E-state index is 4.09. The third kappa shape index (κ3) is 5.75. The van der Waals surface area contributed by atoms with Crippen LogP contribution < -0.4 is 0 Å². The number of benzene rings is 1. The largest absolute Gasteiger partial charge is 0.298 e. The smallest absolute Gasteiger partial charge is 0.0234 e. The average Bonchev–Trinajstić information content (AvgIpc) is 2.39. The van der Waals surface area contributed by atoms with Crippen LogP contribution in [0.2, 0.25) is 0 Å². The van der Waals surface area contributed by atoms with E-state index in [1.807, 2.05) is 0 Å². The van der Waals surface area contributed by atoms with Gasteiger partial charge in [0.25, 0.3) is 0 Å². The van der Waals surface area contributed by atoms with E-state index in [0.29, 0.717) is 11.8 Å². The second-order valence-corrected chi connectivity index (χ2v) is 6.17. The number of hydrogen-bond acceptors (Lipinski definition) is 1. The molecule has 0 fully saturated rings. The van der Waals surface area contributed by atoms with Crippen molar-refractivity contribution >= 4 is 0 Å². The molecule has 1 nitrogen and oxygen atoms in total. The normalized spacial score (nSPS) is 14.1. The second-order valence-electron chi connectivity index (χ2n) is 6.17. The fourth-order valence-corrected chi connectivity index (χ4v) is 2.13. The van der Waals surface area contributed by atoms with Crippen LogP contribution in [0.1, 0.15) is 33.3 Å². The van der Waals surface area contributed by atoms with Crippen molar-refractivity contribution in [3.8, 4) is 0 Å². The molecule has 0 heterocycles. The Hall–Kier alpha value is -1.34. The second kappa shape index (κ2) is 8.06. The average molecular weight is 271 g/mol. The minimum Gasteiger partial charge on any atom is -0.298 e. The molecule has 0 aliphatic heterocycles. The predicted molar refractivity (Wildman–Crippen MR) is 89.7 cm³/mol. The van der Waals surface area contributed by atoms with E-state index < -0.39 is 0 Å². The van der Waals surface area contributed by atoms with E-state index in [0.717, 1.165) is 19.6 Å². The lowest BCUT2D eigenvalue weighted by Crippen LogP contribution is -2.32. The van der Waals surface area contributed by atoms with Gasteiger partial charge in [-0.1, -0.05) is 68.5 Å². The maximum atomic E-state index is 4.09. The molecule has 1 aromatic carbocycles. The Morgan fingerprint density at radius 1 is 0.950 bits per heavy atom. The van der Waals surface area contributed by atoms with E-state index in [1.54, 1.807) is 0 Å². The van der Waals surface area contributed by atoms with Gasteiger partial charge in [-0.05, 0) is 31.2 Å². The first-order valence-corrected chi connectivity index (χ1v) is 7.47. The standard InChI is InChI=1S/C19H29N/c1-15(2)17(5)12-20(13-18(6)16(3)4)14-19-10-8-7-9-11-19/h7-11,17-18H,1,3,12-14H2,2,4-6H3. The van der Waals surface area contributed by atoms with Crippen LogP contribution in [0.15, 0.2) is 54.6 Å². The molecule has 0 N–H and O–H groups in total. The summed E-state index contributed by atoms with van der Waals surface area (Å²) in [4.78, 5) is 2.52. The van der Waals surface area contributed by atoms with Gasteiger partial charge in [-0.2, -0.15) is 0 Å². The van der Waals surface area contributed by atoms with Gasteiger partial charge in [0.2, 0.25) is 0 Å². The highest BCUT2D eigenvalue weighted by molar-refractivity contribution is 5.14. The van der Waals surface area contributed by atoms with Gasteiger partial charge >= 0.3 is 0 Å². The van der Waals surface area contributed by atoms with Crippen molar-refractivity contribution in [2.24, 2.45) is 11.8 Å². The molecule has 1 aromatic rings. The van der Waals surface area contributed by atoms with Crippen molar-refractivity contribution in [2.75, 3.05) is 13.1 Å². The molecule has 0 aliphatic carbocycles. The monoisotopic (exact) mass is 271 g/mol. The van der Waals surface area contributed by atoms with Gasteiger partial charge in [0.1, 0.15) is 0 Å². The molecule has 0 bridgehead atoms. The lowest BCUT2D eigenvalue weighted by atomic mass is 10.00. The Labute approximate surface area is 125 Å². The zero-order chi connectivity index (χ0) is 15.1. The van der Waals surface area contributed by atoms with E-state index in [-0.39, 0.29) is 0 Å². The van der Waals surface area contributed by atoms with E-state index in [9.17, 15) is 0 Å². The fourth-order valence-electron chi connectivity index (χ4n) is 2.13. The molecule has 1 rings (SSSR count). The highest BCUT2D eigenvalue weighted by Crippen LogP contribution is 2.16. The van der Waals surface area contributed by atoms with Gasteiger partial charge in [0.15, 0.2) is 0 Å². The number of nitrogens with zero attached hydrogens (tertiary/aromatic N) is 1. The quantitative estimate of drug-likeness (QED) is 0.607. The molecule has 20 heavy (non-hydrogen) atoms. The number of rotatable bonds is 8. The van der Waals surface area contributed by atoms with Crippen LogP contribution in [-0.2, 0) is 6.54 Å². The molecule has 0 spiro atoms. The van der Waals surface area contributed by atoms with Crippen molar-refractivity contribution < 1.29 is 0 Å². The molecule has 0 saturated carbocycles. The molecule has 0 aliphatic rings. The molecule has 2 atom stereocenters. The van der Waals surface area contributed by atoms with Gasteiger partial charge in [-0.25, -0.2) is 0 Å². The molecule has 0 radical (unpaired) electrons. The van der Waals surface area contributed by atoms with Crippen LogP contribution in [0.3, 0.4) is 0 Å². The van der Waals surface area contributed by atoms with E-state index in [4.69, 9.17) is 0 Å². The summed E-state index contributed by atoms with van der Waals surface area (Å²) in [5.41, 5.74) is 3.88. The third-order valence-electron chi connectivity index (χ3n) is 4.00. The highest BCUT2D eigenvalue weighted by Gasteiger charge is 2.15. The van der Waals surface area contributed by atoms with Crippen molar-refractivity contribution in [1.29, 1.82) is 0 Å². The van der Waals surface area contributed by atoms with Crippen LogP contribution in [0.5, 0.6) is 0 Å². The lowest BCUT2D eigenvalue weighted by molar-refractivity contribution is 0.220.